The van der Waals surface area contributed by atoms with E-state index in [4.69, 9.17) is 0 Å². The van der Waals surface area contributed by atoms with Gasteiger partial charge in [0, 0.05) is 10.9 Å². The smallest absolute Gasteiger partial charge is 0.354 e. The van der Waals surface area contributed by atoms with E-state index in [9.17, 15) is 19.9 Å². The van der Waals surface area contributed by atoms with Crippen molar-refractivity contribution < 1.29 is 15.1 Å². The van der Waals surface area contributed by atoms with E-state index in [-0.39, 0.29) is 22.5 Å². The molecule has 0 atom stereocenters. The van der Waals surface area contributed by atoms with Gasteiger partial charge in [0.1, 0.15) is 11.2 Å². The molecule has 4 aromatic rings. The number of hydrogen-bond acceptors (Lipinski definition) is 4. The van der Waals surface area contributed by atoms with Gasteiger partial charge in [0.15, 0.2) is 0 Å². The quantitative estimate of drug-likeness (QED) is 0.545. The molecular weight excluding hydrogens is 344 g/mol. The van der Waals surface area contributed by atoms with Crippen molar-refractivity contribution >= 4 is 16.9 Å². The van der Waals surface area contributed by atoms with Crippen molar-refractivity contribution in [3.05, 3.63) is 88.8 Å². The Morgan fingerprint density at radius 1 is 0.889 bits per heavy atom. The lowest BCUT2D eigenvalue weighted by atomic mass is 10.0. The number of carboxylic acid groups (broad SMARTS) is 1. The summed E-state index contributed by atoms with van der Waals surface area (Å²) in [6.45, 7) is 0. The zero-order valence-corrected chi connectivity index (χ0v) is 14.0. The van der Waals surface area contributed by atoms with Crippen LogP contribution in [0, 0.1) is 0 Å². The molecule has 6 heteroatoms. The second-order valence-corrected chi connectivity index (χ2v) is 6.01. The number of nitrogens with zero attached hydrogens (tertiary/aromatic N) is 2. The van der Waals surface area contributed by atoms with Gasteiger partial charge in [-0.25, -0.2) is 9.78 Å². The average Bonchev–Trinajstić information content (AvgIpc) is 2.71. The maximum atomic E-state index is 12.8. The van der Waals surface area contributed by atoms with E-state index < -0.39 is 11.5 Å². The fourth-order valence-electron chi connectivity index (χ4n) is 3.05. The molecule has 6 nitrogen and oxygen atoms in total. The van der Waals surface area contributed by atoms with Gasteiger partial charge in [-0.2, -0.15) is 0 Å². The number of fused-ring (bicyclic) bond motifs is 1. The van der Waals surface area contributed by atoms with Gasteiger partial charge >= 0.3 is 5.97 Å². The molecule has 0 unspecified atom stereocenters. The lowest BCUT2D eigenvalue weighted by Gasteiger charge is -2.12. The molecule has 0 radical (unpaired) electrons. The zero-order valence-electron chi connectivity index (χ0n) is 14.0. The minimum Gasteiger partial charge on any atom is -0.477 e. The number of carboxylic acids is 1. The number of benzene rings is 2. The van der Waals surface area contributed by atoms with E-state index in [1.54, 1.807) is 54.6 Å². The lowest BCUT2D eigenvalue weighted by molar-refractivity contribution is 0.0690. The van der Waals surface area contributed by atoms with Gasteiger partial charge in [-0.3, -0.25) is 4.79 Å². The largest absolute Gasteiger partial charge is 0.477 e. The average molecular weight is 358 g/mol. The van der Waals surface area contributed by atoms with Crippen LogP contribution in [-0.4, -0.2) is 26.0 Å². The van der Waals surface area contributed by atoms with Gasteiger partial charge in [0.2, 0.25) is 0 Å². The Balaban J connectivity index is 2.12. The molecule has 0 amide bonds. The van der Waals surface area contributed by atoms with Crippen molar-refractivity contribution in [2.45, 2.75) is 0 Å². The fourth-order valence-corrected chi connectivity index (χ4v) is 3.05. The van der Waals surface area contributed by atoms with Gasteiger partial charge in [0.25, 0.3) is 5.56 Å². The Kier molecular flexibility index (Phi) is 3.93. The van der Waals surface area contributed by atoms with E-state index in [0.717, 1.165) is 0 Å². The van der Waals surface area contributed by atoms with Crippen LogP contribution in [0.5, 0.6) is 0 Å². The highest BCUT2D eigenvalue weighted by Crippen LogP contribution is 2.29. The Bertz CT molecular complexity index is 1220. The summed E-state index contributed by atoms with van der Waals surface area (Å²) in [7, 11) is 0. The van der Waals surface area contributed by atoms with E-state index in [1.807, 2.05) is 12.1 Å². The van der Waals surface area contributed by atoms with E-state index in [1.165, 1.54) is 6.07 Å². The minimum atomic E-state index is -1.19. The Hall–Kier alpha value is -3.93. The summed E-state index contributed by atoms with van der Waals surface area (Å²) in [4.78, 5) is 28.5. The molecular formula is C21H14N2O4. The summed E-state index contributed by atoms with van der Waals surface area (Å²) < 4.78 is 0.540. The number of pyridine rings is 2. The third-order valence-corrected chi connectivity index (χ3v) is 4.31. The summed E-state index contributed by atoms with van der Waals surface area (Å²) in [6, 6.07) is 20.7. The summed E-state index contributed by atoms with van der Waals surface area (Å²) in [5, 5.41) is 20.4. The predicted molar refractivity (Wildman–Crippen MR) is 101 cm³/mol. The predicted octanol–water partition coefficient (Wildman–Crippen LogP) is 3.67. The second-order valence-electron chi connectivity index (χ2n) is 6.01. The van der Waals surface area contributed by atoms with Crippen LogP contribution >= 0.6 is 0 Å². The highest BCUT2D eigenvalue weighted by molar-refractivity contribution is 5.98. The van der Waals surface area contributed by atoms with Crippen molar-refractivity contribution in [3.8, 4) is 22.4 Å². The van der Waals surface area contributed by atoms with Gasteiger partial charge in [-0.05, 0) is 17.7 Å². The van der Waals surface area contributed by atoms with Crippen LogP contribution in [0.15, 0.2) is 77.6 Å². The van der Waals surface area contributed by atoms with Gasteiger partial charge in [-0.1, -0.05) is 60.7 Å². The molecule has 2 heterocycles. The zero-order chi connectivity index (χ0) is 19.0. The molecule has 132 valence electrons. The highest BCUT2D eigenvalue weighted by atomic mass is 16.5. The third kappa shape index (κ3) is 2.83. The summed E-state index contributed by atoms with van der Waals surface area (Å²) in [6.07, 6.45) is 0. The first kappa shape index (κ1) is 16.5. The molecule has 27 heavy (non-hydrogen) atoms. The van der Waals surface area contributed by atoms with Gasteiger partial charge in [0.05, 0.1) is 11.3 Å². The van der Waals surface area contributed by atoms with Crippen LogP contribution in [0.3, 0.4) is 0 Å². The molecule has 4 rings (SSSR count). The first-order valence-corrected chi connectivity index (χ1v) is 8.20. The Morgan fingerprint density at radius 3 is 2.07 bits per heavy atom. The fraction of sp³-hybridized carbons (Fsp3) is 0. The summed E-state index contributed by atoms with van der Waals surface area (Å²) in [5.74, 6) is -1.19. The number of aromatic nitrogens is 2. The molecule has 0 aliphatic rings. The van der Waals surface area contributed by atoms with E-state index >= 15 is 0 Å². The topological polar surface area (TPSA) is 92.4 Å². The Morgan fingerprint density at radius 2 is 1.48 bits per heavy atom. The van der Waals surface area contributed by atoms with Crippen LogP contribution < -0.4 is 5.56 Å². The summed E-state index contributed by atoms with van der Waals surface area (Å²) in [5.41, 5.74) is 1.12. The SMILES string of the molecule is O=C(O)c1cc2cc(-c3ccccc3)c(=O)n(O)c2c(-c2ccccc2)n1. The van der Waals surface area contributed by atoms with Crippen LogP contribution in [0.2, 0.25) is 0 Å². The molecule has 2 aromatic carbocycles. The first-order valence-electron chi connectivity index (χ1n) is 8.20. The number of carbonyl (C=O) groups is 1. The van der Waals surface area contributed by atoms with Gasteiger partial charge < -0.3 is 10.3 Å². The number of aromatic carboxylic acids is 1. The van der Waals surface area contributed by atoms with Crippen molar-refractivity contribution in [2.24, 2.45) is 0 Å². The molecule has 0 bridgehead atoms. The summed E-state index contributed by atoms with van der Waals surface area (Å²) >= 11 is 0. The van der Waals surface area contributed by atoms with Crippen molar-refractivity contribution in [3.63, 3.8) is 0 Å². The Labute approximate surface area is 153 Å². The van der Waals surface area contributed by atoms with Crippen LogP contribution in [0.1, 0.15) is 10.5 Å². The normalized spacial score (nSPS) is 10.8. The molecule has 0 saturated heterocycles. The molecule has 0 aliphatic carbocycles. The maximum Gasteiger partial charge on any atom is 0.354 e. The van der Waals surface area contributed by atoms with Crippen molar-refractivity contribution in [1.82, 2.24) is 9.71 Å². The molecule has 0 saturated carbocycles. The number of hydrogen-bond donors (Lipinski definition) is 2. The maximum absolute atomic E-state index is 12.8. The number of rotatable bonds is 3. The standard InChI is InChI=1S/C21H14N2O4/c24-20-16(13-7-3-1-4-8-13)11-15-12-17(21(25)26)22-18(19(15)23(20)27)14-9-5-2-6-10-14/h1-12,27H,(H,25,26). The molecule has 2 N–H and O–H groups in total. The molecule has 0 aliphatic heterocycles. The second kappa shape index (κ2) is 6.42. The van der Waals surface area contributed by atoms with E-state index in [0.29, 0.717) is 21.2 Å². The minimum absolute atomic E-state index is 0.163. The molecule has 0 spiro atoms. The first-order chi connectivity index (χ1) is 13.1. The van der Waals surface area contributed by atoms with Gasteiger partial charge in [-0.15, -0.1) is 4.73 Å². The lowest BCUT2D eigenvalue weighted by Crippen LogP contribution is -2.21. The van der Waals surface area contributed by atoms with E-state index in [2.05, 4.69) is 4.98 Å². The van der Waals surface area contributed by atoms with Crippen molar-refractivity contribution in [2.75, 3.05) is 0 Å². The molecule has 2 aromatic heterocycles. The highest BCUT2D eigenvalue weighted by Gasteiger charge is 2.19. The molecule has 0 fully saturated rings. The van der Waals surface area contributed by atoms with Crippen LogP contribution in [0.4, 0.5) is 0 Å². The monoisotopic (exact) mass is 358 g/mol. The van der Waals surface area contributed by atoms with Crippen LogP contribution in [0.25, 0.3) is 33.3 Å². The van der Waals surface area contributed by atoms with Crippen LogP contribution in [-0.2, 0) is 0 Å². The third-order valence-electron chi connectivity index (χ3n) is 4.31. The van der Waals surface area contributed by atoms with Crippen molar-refractivity contribution in [1.29, 1.82) is 0 Å².